The summed E-state index contributed by atoms with van der Waals surface area (Å²) in [6.45, 7) is 7.88. The van der Waals surface area contributed by atoms with Crippen LogP contribution in [0, 0.1) is 13.8 Å². The SMILES string of the molecule is CC1=CC(=C2C(=O)C(c3cc(C)[nH]c3C)C2O)C(C)N1. The van der Waals surface area contributed by atoms with Crippen LogP contribution in [0.15, 0.2) is 29.0 Å². The van der Waals surface area contributed by atoms with Gasteiger partial charge in [0, 0.05) is 28.7 Å². The van der Waals surface area contributed by atoms with Gasteiger partial charge in [0.05, 0.1) is 12.0 Å². The van der Waals surface area contributed by atoms with Crippen molar-refractivity contribution in [2.24, 2.45) is 0 Å². The minimum Gasteiger partial charge on any atom is -0.387 e. The Bertz CT molecular complexity index is 651. The normalized spacial score (nSPS) is 33.0. The Hall–Kier alpha value is -1.81. The lowest BCUT2D eigenvalue weighted by molar-refractivity contribution is -0.125. The van der Waals surface area contributed by atoms with Crippen molar-refractivity contribution in [1.29, 1.82) is 0 Å². The molecule has 1 aliphatic carbocycles. The van der Waals surface area contributed by atoms with Gasteiger partial charge in [-0.25, -0.2) is 0 Å². The second kappa shape index (κ2) is 4.35. The standard InChI is InChI=1S/C16H20N2O2/c1-7-5-11(9(3)17-7)13-15(19)14(16(13)20)12-6-8(2)18-10(12)4/h5-6,9,14-15,17-19H,1-4H3. The van der Waals surface area contributed by atoms with E-state index in [1.54, 1.807) is 0 Å². The Morgan fingerprint density at radius 1 is 1.25 bits per heavy atom. The zero-order valence-corrected chi connectivity index (χ0v) is 12.2. The molecular weight excluding hydrogens is 252 g/mol. The Kier molecular flexibility index (Phi) is 2.87. The van der Waals surface area contributed by atoms with Gasteiger partial charge in [0.2, 0.25) is 0 Å². The Labute approximate surface area is 118 Å². The number of ketones is 1. The molecule has 106 valence electrons. The number of hydrogen-bond donors (Lipinski definition) is 3. The number of Topliss-reactive ketones (excluding diaryl/α,β-unsaturated/α-hetero) is 1. The molecule has 0 bridgehead atoms. The van der Waals surface area contributed by atoms with Crippen molar-refractivity contribution in [1.82, 2.24) is 10.3 Å². The highest BCUT2D eigenvalue weighted by molar-refractivity contribution is 6.10. The van der Waals surface area contributed by atoms with E-state index in [4.69, 9.17) is 0 Å². The molecule has 3 unspecified atom stereocenters. The van der Waals surface area contributed by atoms with E-state index in [9.17, 15) is 9.90 Å². The number of H-pyrrole nitrogens is 1. The monoisotopic (exact) mass is 272 g/mol. The lowest BCUT2D eigenvalue weighted by Crippen LogP contribution is -2.45. The minimum absolute atomic E-state index is 0.0502. The summed E-state index contributed by atoms with van der Waals surface area (Å²) in [6, 6.07) is 2.05. The van der Waals surface area contributed by atoms with Gasteiger partial charge in [-0.1, -0.05) is 0 Å². The highest BCUT2D eigenvalue weighted by atomic mass is 16.3. The summed E-state index contributed by atoms with van der Waals surface area (Å²) in [7, 11) is 0. The highest BCUT2D eigenvalue weighted by Crippen LogP contribution is 2.42. The number of allylic oxidation sites excluding steroid dienone is 1. The molecule has 0 radical (unpaired) electrons. The van der Waals surface area contributed by atoms with Gasteiger partial charge in [0.15, 0.2) is 5.78 Å². The van der Waals surface area contributed by atoms with Crippen LogP contribution in [0.5, 0.6) is 0 Å². The molecule has 1 aromatic heterocycles. The maximum atomic E-state index is 12.5. The van der Waals surface area contributed by atoms with E-state index in [0.29, 0.717) is 5.57 Å². The van der Waals surface area contributed by atoms with Gasteiger partial charge in [-0.3, -0.25) is 4.79 Å². The first-order chi connectivity index (χ1) is 9.40. The first kappa shape index (κ1) is 13.2. The second-order valence-corrected chi connectivity index (χ2v) is 5.88. The van der Waals surface area contributed by atoms with Crippen LogP contribution in [0.1, 0.15) is 36.7 Å². The fourth-order valence-corrected chi connectivity index (χ4v) is 3.35. The van der Waals surface area contributed by atoms with Crippen LogP contribution in [0.4, 0.5) is 0 Å². The summed E-state index contributed by atoms with van der Waals surface area (Å²) in [5.74, 6) is -0.363. The molecule has 20 heavy (non-hydrogen) atoms. The largest absolute Gasteiger partial charge is 0.387 e. The Balaban J connectivity index is 1.97. The zero-order valence-electron chi connectivity index (χ0n) is 12.2. The van der Waals surface area contributed by atoms with Crippen LogP contribution in [0.3, 0.4) is 0 Å². The first-order valence-corrected chi connectivity index (χ1v) is 6.97. The van der Waals surface area contributed by atoms with E-state index in [2.05, 4.69) is 10.3 Å². The van der Waals surface area contributed by atoms with Gasteiger partial charge in [-0.05, 0) is 51.0 Å². The average molecular weight is 272 g/mol. The topological polar surface area (TPSA) is 65.1 Å². The lowest BCUT2D eigenvalue weighted by Gasteiger charge is -2.36. The van der Waals surface area contributed by atoms with E-state index in [1.165, 1.54) is 0 Å². The van der Waals surface area contributed by atoms with Crippen molar-refractivity contribution in [3.8, 4) is 0 Å². The maximum Gasteiger partial charge on any atom is 0.172 e. The van der Waals surface area contributed by atoms with Crippen LogP contribution < -0.4 is 5.32 Å². The van der Waals surface area contributed by atoms with Crippen molar-refractivity contribution in [2.75, 3.05) is 0 Å². The number of aliphatic hydroxyl groups excluding tert-OH is 1. The number of aliphatic hydroxyl groups is 1. The summed E-state index contributed by atoms with van der Waals surface area (Å²) >= 11 is 0. The molecule has 1 aliphatic heterocycles. The zero-order chi connectivity index (χ0) is 14.6. The maximum absolute atomic E-state index is 12.5. The van der Waals surface area contributed by atoms with Crippen molar-refractivity contribution in [3.63, 3.8) is 0 Å². The summed E-state index contributed by atoms with van der Waals surface area (Å²) in [4.78, 5) is 15.7. The molecule has 0 saturated heterocycles. The van der Waals surface area contributed by atoms with E-state index >= 15 is 0 Å². The van der Waals surface area contributed by atoms with Gasteiger partial charge < -0.3 is 15.4 Å². The molecule has 0 amide bonds. The van der Waals surface area contributed by atoms with Crippen LogP contribution in [0.2, 0.25) is 0 Å². The summed E-state index contributed by atoms with van der Waals surface area (Å²) in [6.07, 6.45) is 1.27. The fraction of sp³-hybridized carbons (Fsp3) is 0.438. The Morgan fingerprint density at radius 2 is 1.95 bits per heavy atom. The minimum atomic E-state index is -0.696. The molecule has 3 N–H and O–H groups in total. The second-order valence-electron chi connectivity index (χ2n) is 5.88. The molecule has 3 rings (SSSR count). The van der Waals surface area contributed by atoms with Crippen LogP contribution >= 0.6 is 0 Å². The molecule has 4 nitrogen and oxygen atoms in total. The number of carbonyl (C=O) groups excluding carboxylic acids is 1. The smallest absolute Gasteiger partial charge is 0.172 e. The molecule has 1 aromatic rings. The molecule has 1 saturated carbocycles. The molecule has 2 aliphatic rings. The van der Waals surface area contributed by atoms with Gasteiger partial charge in [0.25, 0.3) is 0 Å². The lowest BCUT2D eigenvalue weighted by atomic mass is 9.69. The van der Waals surface area contributed by atoms with Crippen LogP contribution in [-0.2, 0) is 4.79 Å². The van der Waals surface area contributed by atoms with Crippen LogP contribution in [0.25, 0.3) is 0 Å². The highest BCUT2D eigenvalue weighted by Gasteiger charge is 2.48. The van der Waals surface area contributed by atoms with Crippen molar-refractivity contribution >= 4 is 5.78 Å². The van der Waals surface area contributed by atoms with Gasteiger partial charge in [-0.15, -0.1) is 0 Å². The van der Waals surface area contributed by atoms with Crippen LogP contribution in [-0.4, -0.2) is 28.0 Å². The quantitative estimate of drug-likeness (QED) is 0.684. The van der Waals surface area contributed by atoms with E-state index < -0.39 is 12.0 Å². The van der Waals surface area contributed by atoms with E-state index in [-0.39, 0.29) is 11.8 Å². The predicted molar refractivity (Wildman–Crippen MR) is 77.4 cm³/mol. The number of nitrogens with one attached hydrogen (secondary N) is 2. The molecule has 1 fully saturated rings. The van der Waals surface area contributed by atoms with E-state index in [1.807, 2.05) is 39.8 Å². The van der Waals surface area contributed by atoms with Crippen molar-refractivity contribution in [2.45, 2.75) is 45.8 Å². The number of hydrogen-bond acceptors (Lipinski definition) is 3. The third-order valence-electron chi connectivity index (χ3n) is 4.28. The van der Waals surface area contributed by atoms with E-state index in [0.717, 1.165) is 28.2 Å². The van der Waals surface area contributed by atoms with Crippen molar-refractivity contribution < 1.29 is 9.90 Å². The number of rotatable bonds is 1. The third-order valence-corrected chi connectivity index (χ3v) is 4.28. The molecule has 0 spiro atoms. The predicted octanol–water partition coefficient (Wildman–Crippen LogP) is 1.85. The molecule has 4 heteroatoms. The number of aromatic nitrogens is 1. The average Bonchev–Trinajstić information content (AvgIpc) is 2.83. The summed E-state index contributed by atoms with van der Waals surface area (Å²) in [5.41, 5.74) is 5.45. The number of aryl methyl sites for hydroxylation is 2. The van der Waals surface area contributed by atoms with Gasteiger partial charge >= 0.3 is 0 Å². The molecule has 2 heterocycles. The molecular formula is C16H20N2O2. The van der Waals surface area contributed by atoms with Gasteiger partial charge in [-0.2, -0.15) is 0 Å². The Morgan fingerprint density at radius 3 is 2.40 bits per heavy atom. The van der Waals surface area contributed by atoms with Gasteiger partial charge in [0.1, 0.15) is 0 Å². The third kappa shape index (κ3) is 1.75. The molecule has 3 atom stereocenters. The number of aromatic amines is 1. The fourth-order valence-electron chi connectivity index (χ4n) is 3.35. The summed E-state index contributed by atoms with van der Waals surface area (Å²) < 4.78 is 0. The molecule has 0 aromatic carbocycles. The number of carbonyl (C=O) groups is 1. The first-order valence-electron chi connectivity index (χ1n) is 6.97. The summed E-state index contributed by atoms with van der Waals surface area (Å²) in [5, 5.41) is 13.7. The van der Waals surface area contributed by atoms with Crippen molar-refractivity contribution in [3.05, 3.63) is 45.9 Å².